The molecular weight excluding hydrogens is 700 g/mol. The van der Waals surface area contributed by atoms with Gasteiger partial charge in [-0.2, -0.15) is 0 Å². The summed E-state index contributed by atoms with van der Waals surface area (Å²) in [5.74, 6) is -4.61. The molecule has 2 fully saturated rings. The maximum absolute atomic E-state index is 13.8. The Balaban J connectivity index is 0.000000185. The number of aromatic hydroxyl groups is 3. The summed E-state index contributed by atoms with van der Waals surface area (Å²) in [5, 5.41) is 32.1. The Morgan fingerprint density at radius 3 is 1.61 bits per heavy atom. The zero-order valence-electron chi connectivity index (χ0n) is 23.4. The molecule has 14 heteroatoms. The van der Waals surface area contributed by atoms with E-state index in [-0.39, 0.29) is 64.1 Å². The number of hydrogen-bond acceptors (Lipinski definition) is 8. The average Bonchev–Trinajstić information content (AvgIpc) is 3.33. The van der Waals surface area contributed by atoms with Gasteiger partial charge in [0.05, 0.1) is 22.0 Å². The standard InChI is InChI=1S/C11H9FINO3.C11H10FNO3.C8H7FO2/c1-11(9(16)4-10(17)14-11)5-2-7(13)8(15)3-6(5)12;1-11(9(15)5-10(16)13-11)7-3-2-6(14)4-8(7)12;1-5(10)7-3-2-6(11)4-8(7)9/h2-3,15H,4H2,1H3,(H,14,17);2-4,14H,5H2,1H3,(H,13,16);2-4,11H,1H3. The number of carbonyl (C=O) groups excluding carboxylic acids is 5. The van der Waals surface area contributed by atoms with Crippen molar-refractivity contribution in [2.45, 2.75) is 44.7 Å². The molecular formula is C30H26F3IN2O8. The van der Waals surface area contributed by atoms with Crippen LogP contribution in [0, 0.1) is 21.0 Å². The van der Waals surface area contributed by atoms with E-state index in [4.69, 9.17) is 10.2 Å². The van der Waals surface area contributed by atoms with E-state index in [1.165, 1.54) is 51.1 Å². The van der Waals surface area contributed by atoms with Crippen LogP contribution < -0.4 is 10.6 Å². The maximum atomic E-state index is 13.8. The fourth-order valence-corrected chi connectivity index (χ4v) is 4.95. The number of phenolic OH excluding ortho intramolecular Hbond substituents is 3. The van der Waals surface area contributed by atoms with Gasteiger partial charge in [0, 0.05) is 29.3 Å². The third kappa shape index (κ3) is 7.18. The number of Topliss-reactive ketones (excluding diaryl/α,β-unsaturated/α-hetero) is 3. The molecule has 2 aliphatic rings. The lowest BCUT2D eigenvalue weighted by molar-refractivity contribution is -0.124. The first kappa shape index (κ1) is 34.0. The summed E-state index contributed by atoms with van der Waals surface area (Å²) >= 11 is 1.83. The first-order chi connectivity index (χ1) is 20.4. The number of hydrogen-bond donors (Lipinski definition) is 5. The molecule has 0 radical (unpaired) electrons. The molecule has 10 nitrogen and oxygen atoms in total. The van der Waals surface area contributed by atoms with Crippen LogP contribution in [0.4, 0.5) is 13.2 Å². The molecule has 0 aliphatic carbocycles. The number of halogens is 4. The van der Waals surface area contributed by atoms with E-state index in [0.29, 0.717) is 3.57 Å². The molecule has 0 aromatic heterocycles. The predicted molar refractivity (Wildman–Crippen MR) is 157 cm³/mol. The van der Waals surface area contributed by atoms with E-state index in [2.05, 4.69) is 10.6 Å². The highest BCUT2D eigenvalue weighted by molar-refractivity contribution is 14.1. The van der Waals surface area contributed by atoms with Crippen molar-refractivity contribution < 1.29 is 52.5 Å². The van der Waals surface area contributed by atoms with Crippen LogP contribution in [0.15, 0.2) is 48.5 Å². The van der Waals surface area contributed by atoms with Gasteiger partial charge in [0.1, 0.15) is 45.8 Å². The number of nitrogens with one attached hydrogen (secondary N) is 2. The van der Waals surface area contributed by atoms with Crippen LogP contribution in [0.1, 0.15) is 55.1 Å². The number of carbonyl (C=O) groups is 5. The summed E-state index contributed by atoms with van der Waals surface area (Å²) in [6.07, 6.45) is -0.482. The first-order valence-electron chi connectivity index (χ1n) is 12.7. The molecule has 2 unspecified atom stereocenters. The minimum absolute atomic E-state index is 0.00259. The molecule has 2 amide bonds. The molecule has 44 heavy (non-hydrogen) atoms. The highest BCUT2D eigenvalue weighted by Gasteiger charge is 2.45. The van der Waals surface area contributed by atoms with Gasteiger partial charge in [0.2, 0.25) is 11.8 Å². The van der Waals surface area contributed by atoms with Gasteiger partial charge in [0.15, 0.2) is 17.3 Å². The molecule has 5 rings (SSSR count). The summed E-state index contributed by atoms with van der Waals surface area (Å²) in [7, 11) is 0. The second kappa shape index (κ2) is 13.0. The Hall–Kier alpha value is -4.47. The highest BCUT2D eigenvalue weighted by Crippen LogP contribution is 2.34. The quantitative estimate of drug-likeness (QED) is 0.153. The number of phenols is 3. The lowest BCUT2D eigenvalue weighted by atomic mass is 9.89. The number of rotatable bonds is 3. The van der Waals surface area contributed by atoms with Crippen molar-refractivity contribution in [3.63, 3.8) is 0 Å². The largest absolute Gasteiger partial charge is 0.508 e. The van der Waals surface area contributed by atoms with Crippen LogP contribution in [0.5, 0.6) is 17.2 Å². The normalized spacial score (nSPS) is 20.6. The Morgan fingerprint density at radius 1 is 0.727 bits per heavy atom. The van der Waals surface area contributed by atoms with E-state index >= 15 is 0 Å². The fourth-order valence-electron chi connectivity index (χ4n) is 4.48. The van der Waals surface area contributed by atoms with Crippen molar-refractivity contribution >= 4 is 51.8 Å². The predicted octanol–water partition coefficient (Wildman–Crippen LogP) is 4.01. The summed E-state index contributed by atoms with van der Waals surface area (Å²) in [5.41, 5.74) is -2.51. The smallest absolute Gasteiger partial charge is 0.228 e. The van der Waals surface area contributed by atoms with Crippen molar-refractivity contribution in [3.05, 3.63) is 86.2 Å². The maximum Gasteiger partial charge on any atom is 0.228 e. The monoisotopic (exact) mass is 726 g/mol. The van der Waals surface area contributed by atoms with Gasteiger partial charge in [-0.05, 0) is 73.7 Å². The van der Waals surface area contributed by atoms with E-state index in [1.807, 2.05) is 22.6 Å². The highest BCUT2D eigenvalue weighted by atomic mass is 127. The number of ketones is 3. The SMILES string of the molecule is CC(=O)c1ccc(O)cc1F.CC1(c2cc(I)c(O)cc2F)NC(=O)CC1=O.CC1(c2ccc(O)cc2F)NC(=O)CC1=O. The van der Waals surface area contributed by atoms with Crippen molar-refractivity contribution in [3.8, 4) is 17.2 Å². The van der Waals surface area contributed by atoms with Crippen molar-refractivity contribution in [2.75, 3.05) is 0 Å². The topological polar surface area (TPSA) is 170 Å². The Kier molecular flexibility index (Phi) is 10.1. The molecule has 2 atom stereocenters. The van der Waals surface area contributed by atoms with Crippen LogP contribution in [-0.2, 0) is 30.3 Å². The van der Waals surface area contributed by atoms with Gasteiger partial charge in [-0.15, -0.1) is 0 Å². The Labute approximate surface area is 262 Å². The van der Waals surface area contributed by atoms with Crippen LogP contribution >= 0.6 is 22.6 Å². The minimum Gasteiger partial charge on any atom is -0.508 e. The summed E-state index contributed by atoms with van der Waals surface area (Å²) in [6.45, 7) is 4.19. The molecule has 5 N–H and O–H groups in total. The molecule has 232 valence electrons. The molecule has 2 saturated heterocycles. The van der Waals surface area contributed by atoms with Gasteiger partial charge < -0.3 is 26.0 Å². The number of amides is 2. The van der Waals surface area contributed by atoms with Crippen LogP contribution in [-0.4, -0.2) is 44.5 Å². The Bertz CT molecular complexity index is 1700. The first-order valence-corrected chi connectivity index (χ1v) is 13.8. The second-order valence-corrected chi connectivity index (χ2v) is 11.4. The third-order valence-corrected chi connectivity index (χ3v) is 7.80. The zero-order chi connectivity index (χ0) is 33.1. The van der Waals surface area contributed by atoms with Crippen LogP contribution in [0.3, 0.4) is 0 Å². The lowest BCUT2D eigenvalue weighted by Gasteiger charge is -2.23. The van der Waals surface area contributed by atoms with Gasteiger partial charge in [0.25, 0.3) is 0 Å². The van der Waals surface area contributed by atoms with Gasteiger partial charge in [-0.1, -0.05) is 0 Å². The van der Waals surface area contributed by atoms with Gasteiger partial charge >= 0.3 is 0 Å². The second-order valence-electron chi connectivity index (χ2n) is 10.2. The summed E-state index contributed by atoms with van der Waals surface area (Å²) in [6, 6.07) is 9.26. The van der Waals surface area contributed by atoms with Crippen LogP contribution in [0.2, 0.25) is 0 Å². The minimum atomic E-state index is -1.34. The van der Waals surface area contributed by atoms with Gasteiger partial charge in [-0.25, -0.2) is 13.2 Å². The zero-order valence-corrected chi connectivity index (χ0v) is 25.6. The van der Waals surface area contributed by atoms with E-state index in [9.17, 15) is 42.3 Å². The molecule has 3 aromatic rings. The van der Waals surface area contributed by atoms with E-state index in [0.717, 1.165) is 18.2 Å². The Morgan fingerprint density at radius 2 is 1.18 bits per heavy atom. The fraction of sp³-hybridized carbons (Fsp3) is 0.233. The average molecular weight is 726 g/mol. The van der Waals surface area contributed by atoms with E-state index < -0.39 is 40.3 Å². The van der Waals surface area contributed by atoms with E-state index in [1.54, 1.807) is 0 Å². The molecule has 0 saturated carbocycles. The summed E-state index contributed by atoms with van der Waals surface area (Å²) in [4.78, 5) is 56.3. The molecule has 2 heterocycles. The molecule has 3 aromatic carbocycles. The third-order valence-electron chi connectivity index (χ3n) is 6.93. The molecule has 2 aliphatic heterocycles. The van der Waals surface area contributed by atoms with Crippen molar-refractivity contribution in [2.24, 2.45) is 0 Å². The van der Waals surface area contributed by atoms with Gasteiger partial charge in [-0.3, -0.25) is 24.0 Å². The van der Waals surface area contributed by atoms with Crippen molar-refractivity contribution in [1.29, 1.82) is 0 Å². The van der Waals surface area contributed by atoms with Crippen molar-refractivity contribution in [1.82, 2.24) is 10.6 Å². The molecule has 0 bridgehead atoms. The number of benzene rings is 3. The van der Waals surface area contributed by atoms with Crippen LogP contribution in [0.25, 0.3) is 0 Å². The molecule has 0 spiro atoms. The summed E-state index contributed by atoms with van der Waals surface area (Å²) < 4.78 is 40.5. The lowest BCUT2D eigenvalue weighted by Crippen LogP contribution is -2.41.